The lowest BCUT2D eigenvalue weighted by Gasteiger charge is -2.16. The summed E-state index contributed by atoms with van der Waals surface area (Å²) in [7, 11) is 1.82. The van der Waals surface area contributed by atoms with Crippen LogP contribution in [0.1, 0.15) is 35.8 Å². The lowest BCUT2D eigenvalue weighted by Crippen LogP contribution is -2.28. The maximum Gasteiger partial charge on any atom is 0.272 e. The predicted molar refractivity (Wildman–Crippen MR) is 99.8 cm³/mol. The molecule has 1 amide bonds. The third-order valence-corrected chi connectivity index (χ3v) is 4.04. The molecule has 0 aliphatic heterocycles. The van der Waals surface area contributed by atoms with Gasteiger partial charge in [0, 0.05) is 25.2 Å². The van der Waals surface area contributed by atoms with Gasteiger partial charge in [-0.3, -0.25) is 4.79 Å². The Morgan fingerprint density at radius 1 is 1.29 bits per heavy atom. The van der Waals surface area contributed by atoms with Crippen molar-refractivity contribution in [1.82, 2.24) is 9.88 Å². The zero-order valence-electron chi connectivity index (χ0n) is 14.3. The Bertz CT molecular complexity index is 658. The molecule has 0 aliphatic carbocycles. The molecule has 0 bridgehead atoms. The highest BCUT2D eigenvalue weighted by molar-refractivity contribution is 6.30. The van der Waals surface area contributed by atoms with E-state index in [0.29, 0.717) is 5.69 Å². The molecule has 0 unspecified atom stereocenters. The van der Waals surface area contributed by atoms with Gasteiger partial charge in [-0.1, -0.05) is 37.1 Å². The minimum atomic E-state index is -0.0334. The normalized spacial score (nSPS) is 10.5. The van der Waals surface area contributed by atoms with Gasteiger partial charge in [0.2, 0.25) is 0 Å². The molecule has 4 nitrogen and oxygen atoms in total. The summed E-state index contributed by atoms with van der Waals surface area (Å²) in [6.07, 6.45) is 4.66. The van der Waals surface area contributed by atoms with Crippen LogP contribution >= 0.6 is 11.6 Å². The summed E-state index contributed by atoms with van der Waals surface area (Å²) in [4.78, 5) is 18.2. The number of unbranched alkanes of at least 4 members (excludes halogenated alkanes) is 1. The van der Waals surface area contributed by atoms with Gasteiger partial charge in [0.05, 0.1) is 11.9 Å². The number of hydrogen-bond donors (Lipinski definition) is 1. The van der Waals surface area contributed by atoms with Crippen LogP contribution in [0.3, 0.4) is 0 Å². The smallest absolute Gasteiger partial charge is 0.272 e. The van der Waals surface area contributed by atoms with Crippen LogP contribution in [0.4, 0.5) is 5.69 Å². The summed E-state index contributed by atoms with van der Waals surface area (Å²) in [6, 6.07) is 11.5. The van der Waals surface area contributed by atoms with Gasteiger partial charge in [-0.2, -0.15) is 0 Å². The van der Waals surface area contributed by atoms with Gasteiger partial charge in [-0.25, -0.2) is 4.98 Å². The number of aromatic nitrogens is 1. The molecule has 24 heavy (non-hydrogen) atoms. The number of anilines is 1. The molecule has 0 saturated heterocycles. The number of carbonyl (C=O) groups is 1. The molecule has 0 radical (unpaired) electrons. The summed E-state index contributed by atoms with van der Waals surface area (Å²) in [5.74, 6) is -0.0334. The van der Waals surface area contributed by atoms with E-state index in [4.69, 9.17) is 11.6 Å². The maximum absolute atomic E-state index is 12.2. The van der Waals surface area contributed by atoms with E-state index in [9.17, 15) is 4.79 Å². The number of amides is 1. The Labute approximate surface area is 148 Å². The van der Waals surface area contributed by atoms with Crippen LogP contribution in [0.25, 0.3) is 0 Å². The van der Waals surface area contributed by atoms with Gasteiger partial charge < -0.3 is 10.2 Å². The van der Waals surface area contributed by atoms with E-state index in [1.165, 1.54) is 5.56 Å². The second-order valence-corrected chi connectivity index (χ2v) is 6.26. The summed E-state index contributed by atoms with van der Waals surface area (Å²) in [5, 5.41) is 4.07. The number of nitrogens with one attached hydrogen (secondary N) is 1. The number of nitrogens with zero attached hydrogens (tertiary/aromatic N) is 2. The molecule has 5 heteroatoms. The van der Waals surface area contributed by atoms with E-state index in [1.54, 1.807) is 17.2 Å². The van der Waals surface area contributed by atoms with Crippen molar-refractivity contribution in [2.75, 3.05) is 25.5 Å². The van der Waals surface area contributed by atoms with Crippen LogP contribution in [-0.2, 0) is 6.42 Å². The number of rotatable bonds is 8. The van der Waals surface area contributed by atoms with Crippen LogP contribution in [0.2, 0.25) is 5.02 Å². The largest absolute Gasteiger partial charge is 0.383 e. The minimum absolute atomic E-state index is 0.0334. The van der Waals surface area contributed by atoms with Crippen molar-refractivity contribution in [3.8, 4) is 0 Å². The molecule has 1 N–H and O–H groups in total. The van der Waals surface area contributed by atoms with Crippen molar-refractivity contribution in [3.63, 3.8) is 0 Å². The lowest BCUT2D eigenvalue weighted by atomic mass is 10.1. The first-order chi connectivity index (χ1) is 11.6. The van der Waals surface area contributed by atoms with Crippen molar-refractivity contribution in [1.29, 1.82) is 0 Å². The Morgan fingerprint density at radius 2 is 2.12 bits per heavy atom. The molecule has 128 valence electrons. The third kappa shape index (κ3) is 5.53. The molecular formula is C19H24ClN3O. The summed E-state index contributed by atoms with van der Waals surface area (Å²) >= 11 is 5.98. The van der Waals surface area contributed by atoms with E-state index in [-0.39, 0.29) is 5.91 Å². The quantitative estimate of drug-likeness (QED) is 0.777. The third-order valence-electron chi connectivity index (χ3n) is 3.81. The van der Waals surface area contributed by atoms with Gasteiger partial charge in [0.25, 0.3) is 5.91 Å². The van der Waals surface area contributed by atoms with Crippen molar-refractivity contribution < 1.29 is 4.79 Å². The number of carbonyl (C=O) groups excluding carboxylic acids is 1. The van der Waals surface area contributed by atoms with Crippen molar-refractivity contribution in [2.45, 2.75) is 26.2 Å². The second kappa shape index (κ2) is 9.28. The summed E-state index contributed by atoms with van der Waals surface area (Å²) in [5.41, 5.74) is 2.58. The Hall–Kier alpha value is -2.07. The molecule has 2 aromatic rings. The highest BCUT2D eigenvalue weighted by Gasteiger charge is 2.12. The molecule has 2 rings (SSSR count). The summed E-state index contributed by atoms with van der Waals surface area (Å²) < 4.78 is 0. The fraction of sp³-hybridized carbons (Fsp3) is 0.368. The van der Waals surface area contributed by atoms with Gasteiger partial charge in [-0.15, -0.1) is 0 Å². The maximum atomic E-state index is 12.2. The SMILES string of the molecule is CCCCN(C)C(=O)c1ccc(NCCc2cccc(Cl)c2)cn1. The first kappa shape index (κ1) is 18.3. The van der Waals surface area contributed by atoms with Crippen molar-refractivity contribution in [2.24, 2.45) is 0 Å². The molecule has 0 aliphatic rings. The van der Waals surface area contributed by atoms with Gasteiger partial charge in [0.15, 0.2) is 0 Å². The highest BCUT2D eigenvalue weighted by Crippen LogP contribution is 2.12. The van der Waals surface area contributed by atoms with Crippen LogP contribution in [0.15, 0.2) is 42.6 Å². The monoisotopic (exact) mass is 345 g/mol. The molecule has 0 fully saturated rings. The zero-order valence-corrected chi connectivity index (χ0v) is 15.0. The average Bonchev–Trinajstić information content (AvgIpc) is 2.60. The molecule has 1 heterocycles. The fourth-order valence-corrected chi connectivity index (χ4v) is 2.57. The molecule has 0 saturated carbocycles. The molecular weight excluding hydrogens is 322 g/mol. The summed E-state index contributed by atoms with van der Waals surface area (Å²) in [6.45, 7) is 3.66. The van der Waals surface area contributed by atoms with E-state index in [0.717, 1.165) is 43.1 Å². The van der Waals surface area contributed by atoms with Crippen molar-refractivity contribution >= 4 is 23.2 Å². The predicted octanol–water partition coefficient (Wildman–Crippen LogP) is 4.26. The molecule has 0 spiro atoms. The molecule has 0 atom stereocenters. The van der Waals surface area contributed by atoms with Gasteiger partial charge >= 0.3 is 0 Å². The van der Waals surface area contributed by atoms with Crippen LogP contribution in [0, 0.1) is 0 Å². The number of pyridine rings is 1. The van der Waals surface area contributed by atoms with Gasteiger partial charge in [-0.05, 0) is 42.7 Å². The van der Waals surface area contributed by atoms with Crippen LogP contribution < -0.4 is 5.32 Å². The Morgan fingerprint density at radius 3 is 2.79 bits per heavy atom. The zero-order chi connectivity index (χ0) is 17.4. The topological polar surface area (TPSA) is 45.2 Å². The van der Waals surface area contributed by atoms with Crippen LogP contribution in [-0.4, -0.2) is 35.9 Å². The van der Waals surface area contributed by atoms with Gasteiger partial charge in [0.1, 0.15) is 5.69 Å². The lowest BCUT2D eigenvalue weighted by molar-refractivity contribution is 0.0787. The number of benzene rings is 1. The Balaban J connectivity index is 1.84. The average molecular weight is 346 g/mol. The van der Waals surface area contributed by atoms with E-state index < -0.39 is 0 Å². The number of hydrogen-bond acceptors (Lipinski definition) is 3. The highest BCUT2D eigenvalue weighted by atomic mass is 35.5. The van der Waals surface area contributed by atoms with Crippen molar-refractivity contribution in [3.05, 3.63) is 58.9 Å². The van der Waals surface area contributed by atoms with E-state index in [2.05, 4.69) is 23.3 Å². The first-order valence-electron chi connectivity index (χ1n) is 8.30. The number of halogens is 1. The standard InChI is InChI=1S/C19H24ClN3O/c1-3-4-12-23(2)19(24)18-9-8-17(14-22-18)21-11-10-15-6-5-7-16(20)13-15/h5-9,13-14,21H,3-4,10-12H2,1-2H3. The van der Waals surface area contributed by atoms with E-state index >= 15 is 0 Å². The molecule has 1 aromatic carbocycles. The Kier molecular flexibility index (Phi) is 7.07. The van der Waals surface area contributed by atoms with Crippen LogP contribution in [0.5, 0.6) is 0 Å². The first-order valence-corrected chi connectivity index (χ1v) is 8.67. The minimum Gasteiger partial charge on any atom is -0.383 e. The second-order valence-electron chi connectivity index (χ2n) is 5.82. The molecule has 1 aromatic heterocycles. The fourth-order valence-electron chi connectivity index (χ4n) is 2.36. The van der Waals surface area contributed by atoms with E-state index in [1.807, 2.05) is 31.3 Å².